The quantitative estimate of drug-likeness (QED) is 0.903. The highest BCUT2D eigenvalue weighted by Crippen LogP contribution is 2.18. The predicted octanol–water partition coefficient (Wildman–Crippen LogP) is 1.23. The molecule has 0 bridgehead atoms. The van der Waals surface area contributed by atoms with Gasteiger partial charge in [-0.15, -0.1) is 0 Å². The Morgan fingerprint density at radius 1 is 1.26 bits per heavy atom. The van der Waals surface area contributed by atoms with E-state index < -0.39 is 10.0 Å². The number of hydrogen-bond donors (Lipinski definition) is 1. The lowest BCUT2D eigenvalue weighted by Gasteiger charge is -2.33. The van der Waals surface area contributed by atoms with Gasteiger partial charge in [0.05, 0.1) is 5.75 Å². The van der Waals surface area contributed by atoms with Gasteiger partial charge in [-0.3, -0.25) is 0 Å². The number of hydrogen-bond acceptors (Lipinski definition) is 3. The van der Waals surface area contributed by atoms with E-state index in [-0.39, 0.29) is 11.8 Å². The van der Waals surface area contributed by atoms with Crippen molar-refractivity contribution in [2.75, 3.05) is 18.8 Å². The summed E-state index contributed by atoms with van der Waals surface area (Å²) in [5.74, 6) is 0.506. The molecule has 0 aromatic heterocycles. The van der Waals surface area contributed by atoms with E-state index in [9.17, 15) is 8.42 Å². The van der Waals surface area contributed by atoms with Crippen LogP contribution in [0.5, 0.6) is 0 Å². The monoisotopic (exact) mass is 282 g/mol. The third kappa shape index (κ3) is 4.03. The van der Waals surface area contributed by atoms with Gasteiger partial charge in [-0.05, 0) is 24.3 Å². The molecule has 1 aromatic rings. The minimum absolute atomic E-state index is 0.0322. The third-order valence-corrected chi connectivity index (χ3v) is 5.35. The Morgan fingerprint density at radius 2 is 1.95 bits per heavy atom. The average molecular weight is 282 g/mol. The fraction of sp³-hybridized carbons (Fsp3) is 0.571. The Bertz CT molecular complexity index is 491. The van der Waals surface area contributed by atoms with Crippen LogP contribution < -0.4 is 5.73 Å². The average Bonchev–Trinajstić information content (AvgIpc) is 2.37. The number of sulfonamides is 1. The van der Waals surface area contributed by atoms with Gasteiger partial charge in [0.15, 0.2) is 0 Å². The topological polar surface area (TPSA) is 63.4 Å². The van der Waals surface area contributed by atoms with Crippen molar-refractivity contribution in [2.45, 2.75) is 25.8 Å². The lowest BCUT2D eigenvalue weighted by atomic mass is 9.99. The Kier molecular flexibility index (Phi) is 4.60. The minimum atomic E-state index is -3.19. The zero-order chi connectivity index (χ0) is 13.9. The first kappa shape index (κ1) is 14.5. The van der Waals surface area contributed by atoms with E-state index in [1.54, 1.807) is 4.31 Å². The summed E-state index contributed by atoms with van der Waals surface area (Å²) in [5.41, 5.74) is 6.97. The zero-order valence-electron chi connectivity index (χ0n) is 11.3. The summed E-state index contributed by atoms with van der Waals surface area (Å²) in [7, 11) is -3.19. The Hall–Kier alpha value is -0.910. The number of aryl methyl sites for hydroxylation is 1. The van der Waals surface area contributed by atoms with Crippen molar-refractivity contribution in [1.29, 1.82) is 0 Å². The highest BCUT2D eigenvalue weighted by Gasteiger charge is 2.30. The van der Waals surface area contributed by atoms with Gasteiger partial charge in [0.25, 0.3) is 0 Å². The van der Waals surface area contributed by atoms with E-state index in [0.717, 1.165) is 12.0 Å². The molecule has 0 radical (unpaired) electrons. The van der Waals surface area contributed by atoms with Crippen LogP contribution in [-0.2, 0) is 16.4 Å². The smallest absolute Gasteiger partial charge is 0.214 e. The van der Waals surface area contributed by atoms with Crippen LogP contribution >= 0.6 is 0 Å². The molecule has 2 N–H and O–H groups in total. The van der Waals surface area contributed by atoms with Crippen LogP contribution in [0.1, 0.15) is 18.9 Å². The molecule has 1 aliphatic heterocycles. The first-order valence-electron chi connectivity index (χ1n) is 6.74. The van der Waals surface area contributed by atoms with Gasteiger partial charge >= 0.3 is 0 Å². The molecule has 2 rings (SSSR count). The molecule has 19 heavy (non-hydrogen) atoms. The maximum atomic E-state index is 12.3. The molecule has 4 nitrogen and oxygen atoms in total. The molecule has 0 amide bonds. The van der Waals surface area contributed by atoms with Crippen LogP contribution in [0.4, 0.5) is 0 Å². The highest BCUT2D eigenvalue weighted by atomic mass is 32.2. The van der Waals surface area contributed by atoms with Crippen molar-refractivity contribution in [3.8, 4) is 0 Å². The van der Waals surface area contributed by atoms with Crippen LogP contribution in [0.15, 0.2) is 30.3 Å². The van der Waals surface area contributed by atoms with Crippen LogP contribution in [0.3, 0.4) is 0 Å². The molecule has 2 atom stereocenters. The third-order valence-electron chi connectivity index (χ3n) is 3.54. The predicted molar refractivity (Wildman–Crippen MR) is 77.3 cm³/mol. The fourth-order valence-electron chi connectivity index (χ4n) is 2.60. The second-order valence-electron chi connectivity index (χ2n) is 5.47. The first-order chi connectivity index (χ1) is 8.97. The van der Waals surface area contributed by atoms with E-state index in [1.807, 2.05) is 30.3 Å². The Labute approximate surface area is 115 Å². The molecule has 106 valence electrons. The van der Waals surface area contributed by atoms with Crippen molar-refractivity contribution < 1.29 is 8.42 Å². The summed E-state index contributed by atoms with van der Waals surface area (Å²) in [6.45, 7) is 3.12. The molecule has 5 heteroatoms. The van der Waals surface area contributed by atoms with Gasteiger partial charge in [-0.25, -0.2) is 12.7 Å². The molecule has 1 aromatic carbocycles. The number of nitrogens with two attached hydrogens (primary N) is 1. The van der Waals surface area contributed by atoms with Gasteiger partial charge in [0, 0.05) is 19.1 Å². The van der Waals surface area contributed by atoms with Crippen LogP contribution in [0.25, 0.3) is 0 Å². The minimum Gasteiger partial charge on any atom is -0.326 e. The van der Waals surface area contributed by atoms with Crippen molar-refractivity contribution >= 4 is 10.0 Å². The van der Waals surface area contributed by atoms with E-state index >= 15 is 0 Å². The molecule has 1 fully saturated rings. The van der Waals surface area contributed by atoms with Crippen LogP contribution in [-0.4, -0.2) is 37.6 Å². The molecule has 1 aliphatic rings. The molecular weight excluding hydrogens is 260 g/mol. The van der Waals surface area contributed by atoms with Gasteiger partial charge in [0.2, 0.25) is 10.0 Å². The molecule has 1 heterocycles. The molecule has 0 aliphatic carbocycles. The normalized spacial score (nSPS) is 25.4. The maximum Gasteiger partial charge on any atom is 0.214 e. The first-order valence-corrected chi connectivity index (χ1v) is 8.35. The molecular formula is C14H22N2O2S. The van der Waals surface area contributed by atoms with Crippen molar-refractivity contribution in [1.82, 2.24) is 4.31 Å². The summed E-state index contributed by atoms with van der Waals surface area (Å²) < 4.78 is 26.2. The number of benzene rings is 1. The molecule has 0 spiro atoms. The standard InChI is InChI=1S/C14H22N2O2S/c1-12-9-14(15)11-16(10-12)19(17,18)8-7-13-5-3-2-4-6-13/h2-6,12,14H,7-11,15H2,1H3. The maximum absolute atomic E-state index is 12.3. The fourth-order valence-corrected chi connectivity index (χ4v) is 4.25. The van der Waals surface area contributed by atoms with E-state index in [0.29, 0.717) is 25.4 Å². The second-order valence-corrected chi connectivity index (χ2v) is 7.56. The summed E-state index contributed by atoms with van der Waals surface area (Å²) >= 11 is 0. The molecule has 2 unspecified atom stereocenters. The molecule has 1 saturated heterocycles. The molecule has 0 saturated carbocycles. The largest absolute Gasteiger partial charge is 0.326 e. The van der Waals surface area contributed by atoms with Crippen molar-refractivity contribution in [3.63, 3.8) is 0 Å². The van der Waals surface area contributed by atoms with Crippen LogP contribution in [0.2, 0.25) is 0 Å². The highest BCUT2D eigenvalue weighted by molar-refractivity contribution is 7.89. The summed E-state index contributed by atoms with van der Waals surface area (Å²) in [6, 6.07) is 9.68. The zero-order valence-corrected chi connectivity index (χ0v) is 12.1. The van der Waals surface area contributed by atoms with E-state index in [4.69, 9.17) is 5.73 Å². The number of rotatable bonds is 4. The SMILES string of the molecule is CC1CC(N)CN(S(=O)(=O)CCc2ccccc2)C1. The number of piperidine rings is 1. The van der Waals surface area contributed by atoms with Gasteiger partial charge < -0.3 is 5.73 Å². The van der Waals surface area contributed by atoms with E-state index in [2.05, 4.69) is 6.92 Å². The van der Waals surface area contributed by atoms with Gasteiger partial charge in [-0.1, -0.05) is 37.3 Å². The van der Waals surface area contributed by atoms with Gasteiger partial charge in [-0.2, -0.15) is 0 Å². The Balaban J connectivity index is 1.98. The summed E-state index contributed by atoms with van der Waals surface area (Å²) in [4.78, 5) is 0. The Morgan fingerprint density at radius 3 is 2.58 bits per heavy atom. The van der Waals surface area contributed by atoms with Crippen molar-refractivity contribution in [2.24, 2.45) is 11.7 Å². The summed E-state index contributed by atoms with van der Waals surface area (Å²) in [5, 5.41) is 0. The lowest BCUT2D eigenvalue weighted by Crippen LogP contribution is -2.49. The van der Waals surface area contributed by atoms with Crippen molar-refractivity contribution in [3.05, 3.63) is 35.9 Å². The summed E-state index contributed by atoms with van der Waals surface area (Å²) in [6.07, 6.45) is 1.47. The lowest BCUT2D eigenvalue weighted by molar-refractivity contribution is 0.254. The van der Waals surface area contributed by atoms with Gasteiger partial charge in [0.1, 0.15) is 0 Å². The van der Waals surface area contributed by atoms with E-state index in [1.165, 1.54) is 0 Å². The van der Waals surface area contributed by atoms with Crippen LogP contribution in [0, 0.1) is 5.92 Å². The second kappa shape index (κ2) is 6.03. The number of nitrogens with zero attached hydrogens (tertiary/aromatic N) is 1.